The summed E-state index contributed by atoms with van der Waals surface area (Å²) in [4.78, 5) is 21.5. The molecule has 0 aromatic heterocycles. The molecule has 0 amide bonds. The average molecular weight is 481 g/mol. The summed E-state index contributed by atoms with van der Waals surface area (Å²) in [6, 6.07) is 20.1. The first-order valence-electron chi connectivity index (χ1n) is 9.91. The van der Waals surface area contributed by atoms with Crippen molar-refractivity contribution in [1.29, 1.82) is 0 Å². The molecule has 0 aliphatic rings. The minimum Gasteiger partial charge on any atom is -0.258 e. The maximum atomic E-state index is 12.5. The van der Waals surface area contributed by atoms with Gasteiger partial charge in [-0.25, -0.2) is 0 Å². The largest absolute Gasteiger partial charge is 0.347 e. The molecule has 34 heavy (non-hydrogen) atoms. The lowest BCUT2D eigenvalue weighted by atomic mass is 10.0. The van der Waals surface area contributed by atoms with Crippen LogP contribution in [0.25, 0.3) is 16.7 Å². The van der Waals surface area contributed by atoms with Crippen molar-refractivity contribution < 1.29 is 18.3 Å². The molecule has 0 radical (unpaired) electrons. The summed E-state index contributed by atoms with van der Waals surface area (Å²) >= 11 is 0. The normalized spacial score (nSPS) is 12.3. The lowest BCUT2D eigenvalue weighted by molar-refractivity contribution is -0.422. The molecule has 174 valence electrons. The summed E-state index contributed by atoms with van der Waals surface area (Å²) < 4.78 is 25.0. The van der Waals surface area contributed by atoms with Gasteiger partial charge in [-0.15, -0.1) is 0 Å². The average Bonchev–Trinajstić information content (AvgIpc) is 2.83. The van der Waals surface area contributed by atoms with Gasteiger partial charge in [-0.2, -0.15) is 18.4 Å². The van der Waals surface area contributed by atoms with E-state index in [2.05, 4.69) is 5.10 Å². The lowest BCUT2D eigenvalue weighted by Gasteiger charge is -2.06. The summed E-state index contributed by atoms with van der Waals surface area (Å²) in [5, 5.41) is 25.8. The van der Waals surface area contributed by atoms with E-state index in [1.54, 1.807) is 13.0 Å². The zero-order valence-electron chi connectivity index (χ0n) is 18.2. The molecule has 0 heterocycles. The maximum absolute atomic E-state index is 12.5. The maximum Gasteiger partial charge on any atom is 0.347 e. The second-order valence-electron chi connectivity index (χ2n) is 7.28. The van der Waals surface area contributed by atoms with E-state index in [0.717, 1.165) is 34.4 Å². The van der Waals surface area contributed by atoms with Crippen molar-refractivity contribution in [3.8, 4) is 11.1 Å². The van der Waals surface area contributed by atoms with E-state index >= 15 is 0 Å². The van der Waals surface area contributed by atoms with Crippen molar-refractivity contribution >= 4 is 32.7 Å². The molecule has 3 aromatic rings. The third kappa shape index (κ3) is 5.70. The van der Waals surface area contributed by atoms with Crippen LogP contribution >= 0.6 is 0 Å². The highest BCUT2D eigenvalue weighted by Gasteiger charge is 2.27. The molecule has 0 aliphatic carbocycles. The van der Waals surface area contributed by atoms with Crippen LogP contribution in [0.15, 0.2) is 88.9 Å². The first-order valence-corrected chi connectivity index (χ1v) is 11.4. The molecular weight excluding hydrogens is 460 g/mol. The number of sulfonamides is 1. The smallest absolute Gasteiger partial charge is 0.258 e. The Labute approximate surface area is 195 Å². The number of allylic oxidation sites excluding steroid dienone is 2. The fourth-order valence-electron chi connectivity index (χ4n) is 3.14. The third-order valence-corrected chi connectivity index (χ3v) is 6.07. The summed E-state index contributed by atoms with van der Waals surface area (Å²) in [5.74, 6) is 0. The van der Waals surface area contributed by atoms with Gasteiger partial charge in [0.05, 0.1) is 20.5 Å². The van der Waals surface area contributed by atoms with Crippen LogP contribution in [0.2, 0.25) is 0 Å². The van der Waals surface area contributed by atoms with Crippen molar-refractivity contribution in [3.63, 3.8) is 0 Å². The van der Waals surface area contributed by atoms with Gasteiger partial charge < -0.3 is 0 Å². The second kappa shape index (κ2) is 10.0. The number of nitro groups is 2. The van der Waals surface area contributed by atoms with Gasteiger partial charge in [0.2, 0.25) is 0 Å². The standard InChI is InChI=1S/C23H20N4O6S/c1-16(18-8-10-20(11-9-18)19-6-4-3-5-7-19)14-17(2)24-25-34(32,33)21-12-13-22(26(28)29)23(15-21)27(30)31/h3-15,25H,1-2H3/b16-14+,24-17?. The Kier molecular flexibility index (Phi) is 7.17. The highest BCUT2D eigenvalue weighted by Crippen LogP contribution is 2.29. The number of hydrazone groups is 1. The van der Waals surface area contributed by atoms with E-state index in [1.165, 1.54) is 0 Å². The summed E-state index contributed by atoms with van der Waals surface area (Å²) in [6.45, 7) is 3.44. The van der Waals surface area contributed by atoms with Gasteiger partial charge in [-0.1, -0.05) is 54.6 Å². The Bertz CT molecular complexity index is 1400. The Morgan fingerprint density at radius 1 is 0.853 bits per heavy atom. The molecule has 11 heteroatoms. The Hall–Kier alpha value is -4.38. The third-order valence-electron chi connectivity index (χ3n) is 4.87. The molecule has 0 unspecified atom stereocenters. The van der Waals surface area contributed by atoms with Crippen molar-refractivity contribution in [2.45, 2.75) is 18.7 Å². The van der Waals surface area contributed by atoms with Crippen LogP contribution in [0.1, 0.15) is 19.4 Å². The summed E-state index contributed by atoms with van der Waals surface area (Å²) in [7, 11) is -4.28. The van der Waals surface area contributed by atoms with Crippen LogP contribution in [-0.2, 0) is 10.0 Å². The minimum atomic E-state index is -4.28. The van der Waals surface area contributed by atoms with E-state index in [1.807, 2.05) is 66.4 Å². The van der Waals surface area contributed by atoms with Crippen LogP contribution in [0.5, 0.6) is 0 Å². The first-order chi connectivity index (χ1) is 16.1. The summed E-state index contributed by atoms with van der Waals surface area (Å²) in [5.41, 5.74) is 2.52. The zero-order chi connectivity index (χ0) is 24.9. The van der Waals surface area contributed by atoms with E-state index in [-0.39, 0.29) is 0 Å². The van der Waals surface area contributed by atoms with E-state index in [4.69, 9.17) is 0 Å². The van der Waals surface area contributed by atoms with Gasteiger partial charge in [-0.05, 0) is 48.3 Å². The molecule has 0 saturated carbocycles. The fraction of sp³-hybridized carbons (Fsp3) is 0.0870. The molecule has 0 aliphatic heterocycles. The van der Waals surface area contributed by atoms with Gasteiger partial charge in [0.25, 0.3) is 10.0 Å². The van der Waals surface area contributed by atoms with Gasteiger partial charge >= 0.3 is 11.4 Å². The van der Waals surface area contributed by atoms with E-state index in [0.29, 0.717) is 11.8 Å². The van der Waals surface area contributed by atoms with E-state index < -0.39 is 36.1 Å². The Balaban J connectivity index is 1.78. The second-order valence-corrected chi connectivity index (χ2v) is 8.94. The number of nitro benzene ring substituents is 2. The van der Waals surface area contributed by atoms with Gasteiger partial charge in [-0.3, -0.25) is 20.2 Å². The Morgan fingerprint density at radius 2 is 1.44 bits per heavy atom. The predicted molar refractivity (Wildman–Crippen MR) is 129 cm³/mol. The highest BCUT2D eigenvalue weighted by molar-refractivity contribution is 7.89. The van der Waals surface area contributed by atoms with Crippen molar-refractivity contribution in [1.82, 2.24) is 4.83 Å². The zero-order valence-corrected chi connectivity index (χ0v) is 19.0. The molecule has 3 rings (SSSR count). The first kappa shape index (κ1) is 24.3. The fourth-order valence-corrected chi connectivity index (χ4v) is 4.02. The molecule has 10 nitrogen and oxygen atoms in total. The monoisotopic (exact) mass is 480 g/mol. The van der Waals surface area contributed by atoms with Crippen molar-refractivity contribution in [3.05, 3.63) is 105 Å². The Morgan fingerprint density at radius 3 is 2.03 bits per heavy atom. The molecule has 0 atom stereocenters. The minimum absolute atomic E-state index is 0.338. The number of rotatable bonds is 8. The number of nitrogens with zero attached hydrogens (tertiary/aromatic N) is 3. The quantitative estimate of drug-likeness (QED) is 0.275. The molecular formula is C23H20N4O6S. The van der Waals surface area contributed by atoms with Crippen LogP contribution < -0.4 is 4.83 Å². The SMILES string of the molecule is CC(/C=C(\C)c1ccc(-c2ccccc2)cc1)=NNS(=O)(=O)c1ccc([N+](=O)[O-])c([N+](=O)[O-])c1. The molecule has 1 N–H and O–H groups in total. The lowest BCUT2D eigenvalue weighted by Crippen LogP contribution is -2.19. The number of benzene rings is 3. The highest BCUT2D eigenvalue weighted by atomic mass is 32.2. The number of hydrogen-bond acceptors (Lipinski definition) is 7. The van der Waals surface area contributed by atoms with Gasteiger partial charge in [0, 0.05) is 12.1 Å². The van der Waals surface area contributed by atoms with Crippen molar-refractivity contribution in [2.24, 2.45) is 5.10 Å². The van der Waals surface area contributed by atoms with Gasteiger partial charge in [0.1, 0.15) is 0 Å². The van der Waals surface area contributed by atoms with Crippen LogP contribution in [-0.4, -0.2) is 24.0 Å². The number of hydrogen-bond donors (Lipinski definition) is 1. The predicted octanol–water partition coefficient (Wildman–Crippen LogP) is 4.93. The molecule has 0 fully saturated rings. The number of nitrogens with one attached hydrogen (secondary N) is 1. The van der Waals surface area contributed by atoms with Crippen LogP contribution in [0.3, 0.4) is 0 Å². The molecule has 0 bridgehead atoms. The topological polar surface area (TPSA) is 145 Å². The van der Waals surface area contributed by atoms with Crippen molar-refractivity contribution in [2.75, 3.05) is 0 Å². The van der Waals surface area contributed by atoms with E-state index in [9.17, 15) is 28.6 Å². The molecule has 0 spiro atoms. The van der Waals surface area contributed by atoms with Crippen LogP contribution in [0.4, 0.5) is 11.4 Å². The van der Waals surface area contributed by atoms with Gasteiger partial charge in [0.15, 0.2) is 0 Å². The van der Waals surface area contributed by atoms with Crippen LogP contribution in [0, 0.1) is 20.2 Å². The summed E-state index contributed by atoms with van der Waals surface area (Å²) in [6.07, 6.45) is 1.68. The molecule has 3 aromatic carbocycles. The molecule has 0 saturated heterocycles.